The number of nitrogens with one attached hydrogen (secondary N) is 1. The molecular weight excluding hydrogens is 224 g/mol. The third kappa shape index (κ3) is 7.70. The molecule has 1 aliphatic rings. The monoisotopic (exact) mass is 254 g/mol. The van der Waals surface area contributed by atoms with Crippen LogP contribution in [0.1, 0.15) is 58.8 Å². The smallest absolute Gasteiger partial charge is 0.220 e. The number of hydrogen-bond acceptors (Lipinski definition) is 2. The Bertz CT molecular complexity index is 223. The van der Waals surface area contributed by atoms with Gasteiger partial charge < -0.3 is 10.2 Å². The van der Waals surface area contributed by atoms with Crippen LogP contribution in [0, 0.1) is 5.92 Å². The molecule has 1 N–H and O–H groups in total. The predicted octanol–water partition coefficient (Wildman–Crippen LogP) is 2.80. The van der Waals surface area contributed by atoms with Crippen molar-refractivity contribution in [1.82, 2.24) is 10.2 Å². The average Bonchev–Trinajstić information content (AvgIpc) is 2.37. The molecule has 0 aromatic rings. The van der Waals surface area contributed by atoms with E-state index in [0.29, 0.717) is 12.3 Å². The third-order valence-electron chi connectivity index (χ3n) is 3.53. The molecular formula is C15H30N2O. The van der Waals surface area contributed by atoms with Gasteiger partial charge in [-0.15, -0.1) is 0 Å². The van der Waals surface area contributed by atoms with Gasteiger partial charge >= 0.3 is 0 Å². The van der Waals surface area contributed by atoms with Gasteiger partial charge in [-0.25, -0.2) is 0 Å². The molecule has 106 valence electrons. The second kappa shape index (κ2) is 9.37. The molecule has 0 unspecified atom stereocenters. The summed E-state index contributed by atoms with van der Waals surface area (Å²) in [4.78, 5) is 14.1. The number of rotatable bonds is 8. The number of amides is 1. The Morgan fingerprint density at radius 3 is 2.50 bits per heavy atom. The van der Waals surface area contributed by atoms with Gasteiger partial charge in [0.25, 0.3) is 0 Å². The summed E-state index contributed by atoms with van der Waals surface area (Å²) in [6, 6.07) is 0. The van der Waals surface area contributed by atoms with Crippen LogP contribution in [0.4, 0.5) is 0 Å². The zero-order valence-corrected chi connectivity index (χ0v) is 12.2. The van der Waals surface area contributed by atoms with Crippen LogP contribution in [0.5, 0.6) is 0 Å². The zero-order valence-electron chi connectivity index (χ0n) is 12.2. The molecule has 0 radical (unpaired) electrons. The highest BCUT2D eigenvalue weighted by molar-refractivity contribution is 5.75. The molecule has 3 heteroatoms. The highest BCUT2D eigenvalue weighted by atomic mass is 16.1. The molecule has 1 fully saturated rings. The van der Waals surface area contributed by atoms with Gasteiger partial charge in [0.2, 0.25) is 5.91 Å². The fourth-order valence-electron chi connectivity index (χ4n) is 2.39. The summed E-state index contributed by atoms with van der Waals surface area (Å²) < 4.78 is 0. The number of hydrogen-bond donors (Lipinski definition) is 1. The van der Waals surface area contributed by atoms with Crippen LogP contribution in [-0.4, -0.2) is 37.0 Å². The summed E-state index contributed by atoms with van der Waals surface area (Å²) in [6.45, 7) is 8.86. The summed E-state index contributed by atoms with van der Waals surface area (Å²) >= 11 is 0. The second-order valence-corrected chi connectivity index (χ2v) is 5.91. The van der Waals surface area contributed by atoms with E-state index in [2.05, 4.69) is 24.1 Å². The van der Waals surface area contributed by atoms with Crippen molar-refractivity contribution in [2.24, 2.45) is 5.92 Å². The first-order valence-corrected chi connectivity index (χ1v) is 7.67. The van der Waals surface area contributed by atoms with Crippen LogP contribution in [-0.2, 0) is 4.79 Å². The molecule has 0 spiro atoms. The molecule has 1 heterocycles. The van der Waals surface area contributed by atoms with Crippen LogP contribution in [0.25, 0.3) is 0 Å². The summed E-state index contributed by atoms with van der Waals surface area (Å²) in [7, 11) is 0. The van der Waals surface area contributed by atoms with Crippen molar-refractivity contribution in [2.75, 3.05) is 26.2 Å². The maximum atomic E-state index is 11.5. The molecule has 1 aliphatic heterocycles. The first kappa shape index (κ1) is 15.5. The van der Waals surface area contributed by atoms with E-state index in [1.165, 1.54) is 51.7 Å². The lowest BCUT2D eigenvalue weighted by Gasteiger charge is -2.26. The molecule has 0 aliphatic carbocycles. The number of unbranched alkanes of at least 4 members (excludes halogenated alkanes) is 2. The van der Waals surface area contributed by atoms with Crippen molar-refractivity contribution in [1.29, 1.82) is 0 Å². The minimum Gasteiger partial charge on any atom is -0.356 e. The van der Waals surface area contributed by atoms with Gasteiger partial charge in [0.15, 0.2) is 0 Å². The molecule has 1 amide bonds. The van der Waals surface area contributed by atoms with Gasteiger partial charge in [-0.3, -0.25) is 4.79 Å². The molecule has 0 saturated carbocycles. The maximum Gasteiger partial charge on any atom is 0.220 e. The molecule has 0 atom stereocenters. The fourth-order valence-corrected chi connectivity index (χ4v) is 2.39. The minimum atomic E-state index is 0.224. The lowest BCUT2D eigenvalue weighted by molar-refractivity contribution is -0.121. The minimum absolute atomic E-state index is 0.224. The van der Waals surface area contributed by atoms with Gasteiger partial charge in [-0.2, -0.15) is 0 Å². The largest absolute Gasteiger partial charge is 0.356 e. The Hall–Kier alpha value is -0.570. The Morgan fingerprint density at radius 2 is 1.83 bits per heavy atom. The van der Waals surface area contributed by atoms with Crippen molar-refractivity contribution >= 4 is 5.91 Å². The summed E-state index contributed by atoms with van der Waals surface area (Å²) in [5.74, 6) is 0.773. The van der Waals surface area contributed by atoms with E-state index in [0.717, 1.165) is 13.0 Å². The van der Waals surface area contributed by atoms with E-state index >= 15 is 0 Å². The highest BCUT2D eigenvalue weighted by Gasteiger charge is 2.09. The van der Waals surface area contributed by atoms with E-state index in [-0.39, 0.29) is 5.91 Å². The maximum absolute atomic E-state index is 11.5. The van der Waals surface area contributed by atoms with E-state index in [1.807, 2.05) is 0 Å². The summed E-state index contributed by atoms with van der Waals surface area (Å²) in [5.41, 5.74) is 0. The van der Waals surface area contributed by atoms with Crippen LogP contribution in [0.15, 0.2) is 0 Å². The second-order valence-electron chi connectivity index (χ2n) is 5.91. The van der Waals surface area contributed by atoms with E-state index in [1.54, 1.807) is 0 Å². The molecule has 0 aromatic carbocycles. The molecule has 1 rings (SSSR count). The molecule has 0 aromatic heterocycles. The predicted molar refractivity (Wildman–Crippen MR) is 76.6 cm³/mol. The number of carbonyl (C=O) groups is 1. The summed E-state index contributed by atoms with van der Waals surface area (Å²) in [5, 5.41) is 2.97. The van der Waals surface area contributed by atoms with Gasteiger partial charge in [0.05, 0.1) is 0 Å². The van der Waals surface area contributed by atoms with E-state index < -0.39 is 0 Å². The van der Waals surface area contributed by atoms with Crippen molar-refractivity contribution in [3.63, 3.8) is 0 Å². The first-order valence-electron chi connectivity index (χ1n) is 7.67. The van der Waals surface area contributed by atoms with Crippen LogP contribution < -0.4 is 5.32 Å². The number of carbonyl (C=O) groups excluding carboxylic acids is 1. The SMILES string of the molecule is CC(C)CNC(=O)CCCCCN1CCCCC1. The van der Waals surface area contributed by atoms with Crippen LogP contribution in [0.2, 0.25) is 0 Å². The highest BCUT2D eigenvalue weighted by Crippen LogP contribution is 2.10. The standard InChI is InChI=1S/C15H30N2O/c1-14(2)13-16-15(18)9-5-3-6-10-17-11-7-4-8-12-17/h14H,3-13H2,1-2H3,(H,16,18). The molecule has 18 heavy (non-hydrogen) atoms. The van der Waals surface area contributed by atoms with Crippen molar-refractivity contribution < 1.29 is 4.79 Å². The molecule has 0 bridgehead atoms. The lowest BCUT2D eigenvalue weighted by atomic mass is 10.1. The lowest BCUT2D eigenvalue weighted by Crippen LogP contribution is -2.30. The van der Waals surface area contributed by atoms with Gasteiger partial charge in [-0.1, -0.05) is 26.7 Å². The van der Waals surface area contributed by atoms with Crippen LogP contribution >= 0.6 is 0 Å². The Morgan fingerprint density at radius 1 is 1.11 bits per heavy atom. The first-order chi connectivity index (χ1) is 8.68. The quantitative estimate of drug-likeness (QED) is 0.676. The van der Waals surface area contributed by atoms with Crippen molar-refractivity contribution in [2.45, 2.75) is 58.8 Å². The molecule has 3 nitrogen and oxygen atoms in total. The van der Waals surface area contributed by atoms with Crippen molar-refractivity contribution in [3.05, 3.63) is 0 Å². The van der Waals surface area contributed by atoms with Crippen molar-refractivity contribution in [3.8, 4) is 0 Å². The Kier molecular flexibility index (Phi) is 8.06. The normalized spacial score (nSPS) is 17.1. The topological polar surface area (TPSA) is 32.3 Å². The molecule has 1 saturated heterocycles. The third-order valence-corrected chi connectivity index (χ3v) is 3.53. The van der Waals surface area contributed by atoms with Gasteiger partial charge in [-0.05, 0) is 51.2 Å². The average molecular weight is 254 g/mol. The Labute approximate surface area is 112 Å². The number of likely N-dealkylation sites (tertiary alicyclic amines) is 1. The number of piperidine rings is 1. The van der Waals surface area contributed by atoms with Gasteiger partial charge in [0, 0.05) is 13.0 Å². The number of nitrogens with zero attached hydrogens (tertiary/aromatic N) is 1. The van der Waals surface area contributed by atoms with Crippen LogP contribution in [0.3, 0.4) is 0 Å². The zero-order chi connectivity index (χ0) is 13.2. The summed E-state index contributed by atoms with van der Waals surface area (Å²) in [6.07, 6.45) is 8.33. The van der Waals surface area contributed by atoms with Gasteiger partial charge in [0.1, 0.15) is 0 Å². The fraction of sp³-hybridized carbons (Fsp3) is 0.933. The van der Waals surface area contributed by atoms with E-state index in [4.69, 9.17) is 0 Å². The van der Waals surface area contributed by atoms with E-state index in [9.17, 15) is 4.79 Å². The Balaban J connectivity index is 1.89.